The predicted molar refractivity (Wildman–Crippen MR) is 180 cm³/mol. The topological polar surface area (TPSA) is 30.7 Å². The van der Waals surface area contributed by atoms with E-state index in [4.69, 9.17) is 9.97 Å². The summed E-state index contributed by atoms with van der Waals surface area (Å²) < 4.78 is 2.37. The van der Waals surface area contributed by atoms with E-state index in [0.717, 1.165) is 38.8 Å². The number of para-hydroxylation sites is 2. The van der Waals surface area contributed by atoms with Crippen LogP contribution < -0.4 is 0 Å². The van der Waals surface area contributed by atoms with Gasteiger partial charge in [0.2, 0.25) is 0 Å². The Bertz CT molecular complexity index is 2430. The fourth-order valence-corrected chi connectivity index (χ4v) is 6.62. The first-order chi connectivity index (χ1) is 21.3. The van der Waals surface area contributed by atoms with E-state index in [0.29, 0.717) is 0 Å². The van der Waals surface area contributed by atoms with Crippen molar-refractivity contribution in [3.05, 3.63) is 152 Å². The van der Waals surface area contributed by atoms with Crippen molar-refractivity contribution in [1.29, 1.82) is 0 Å². The molecule has 9 rings (SSSR count). The molecule has 0 aliphatic carbocycles. The zero-order valence-corrected chi connectivity index (χ0v) is 23.3. The van der Waals surface area contributed by atoms with Crippen LogP contribution >= 0.6 is 0 Å². The summed E-state index contributed by atoms with van der Waals surface area (Å²) >= 11 is 0. The lowest BCUT2D eigenvalue weighted by Crippen LogP contribution is -1.94. The number of rotatable bonds is 3. The van der Waals surface area contributed by atoms with Crippen LogP contribution in [0.5, 0.6) is 0 Å². The predicted octanol–water partition coefficient (Wildman–Crippen LogP) is 10.4. The second kappa shape index (κ2) is 9.37. The number of nitrogens with zero attached hydrogens (tertiary/aromatic N) is 3. The van der Waals surface area contributed by atoms with Gasteiger partial charge in [0.05, 0.1) is 34.0 Å². The zero-order valence-electron chi connectivity index (χ0n) is 23.3. The van der Waals surface area contributed by atoms with Gasteiger partial charge in [-0.05, 0) is 52.2 Å². The summed E-state index contributed by atoms with van der Waals surface area (Å²) in [7, 11) is 0. The van der Waals surface area contributed by atoms with Crippen molar-refractivity contribution < 1.29 is 0 Å². The van der Waals surface area contributed by atoms with Gasteiger partial charge in [0.1, 0.15) is 0 Å². The maximum Gasteiger partial charge on any atom is 0.0979 e. The van der Waals surface area contributed by atoms with Crippen molar-refractivity contribution in [3.63, 3.8) is 0 Å². The molecule has 0 atom stereocenters. The van der Waals surface area contributed by atoms with Crippen LogP contribution in [-0.2, 0) is 0 Å². The molecule has 0 aliphatic heterocycles. The molecule has 0 N–H and O–H groups in total. The molecule has 0 saturated heterocycles. The third-order valence-corrected chi connectivity index (χ3v) is 8.61. The Morgan fingerprint density at radius 2 is 1.00 bits per heavy atom. The Morgan fingerprint density at radius 1 is 0.395 bits per heavy atom. The average Bonchev–Trinajstić information content (AvgIpc) is 3.43. The van der Waals surface area contributed by atoms with Crippen molar-refractivity contribution in [1.82, 2.24) is 14.5 Å². The zero-order chi connectivity index (χ0) is 28.3. The molecular formula is C40H25N3. The van der Waals surface area contributed by atoms with Crippen LogP contribution in [0.4, 0.5) is 0 Å². The van der Waals surface area contributed by atoms with E-state index in [9.17, 15) is 0 Å². The van der Waals surface area contributed by atoms with Gasteiger partial charge in [0.25, 0.3) is 0 Å². The van der Waals surface area contributed by atoms with E-state index in [-0.39, 0.29) is 0 Å². The quantitative estimate of drug-likeness (QED) is 0.206. The van der Waals surface area contributed by atoms with Gasteiger partial charge in [-0.15, -0.1) is 0 Å². The fourth-order valence-electron chi connectivity index (χ4n) is 6.62. The normalized spacial score (nSPS) is 11.7. The summed E-state index contributed by atoms with van der Waals surface area (Å²) in [6, 6.07) is 51.7. The van der Waals surface area contributed by atoms with Crippen LogP contribution in [0.3, 0.4) is 0 Å². The number of fused-ring (bicyclic) bond motifs is 9. The number of hydrogen-bond donors (Lipinski definition) is 0. The highest BCUT2D eigenvalue weighted by Crippen LogP contribution is 2.38. The smallest absolute Gasteiger partial charge is 0.0979 e. The highest BCUT2D eigenvalue weighted by atomic mass is 15.0. The number of hydrogen-bond acceptors (Lipinski definition) is 2. The van der Waals surface area contributed by atoms with Crippen LogP contribution in [0.1, 0.15) is 0 Å². The van der Waals surface area contributed by atoms with Crippen molar-refractivity contribution in [2.45, 2.75) is 0 Å². The van der Waals surface area contributed by atoms with Crippen molar-refractivity contribution in [2.75, 3.05) is 0 Å². The number of benzene rings is 7. The molecule has 9 aromatic rings. The minimum absolute atomic E-state index is 0.885. The van der Waals surface area contributed by atoms with Crippen molar-refractivity contribution >= 4 is 54.4 Å². The Hall–Kier alpha value is -5.80. The summed E-state index contributed by atoms with van der Waals surface area (Å²) in [6.45, 7) is 0. The molecule has 0 aliphatic rings. The van der Waals surface area contributed by atoms with E-state index in [2.05, 4.69) is 132 Å². The third-order valence-electron chi connectivity index (χ3n) is 8.61. The second-order valence-corrected chi connectivity index (χ2v) is 11.0. The van der Waals surface area contributed by atoms with Crippen LogP contribution in [0.25, 0.3) is 82.5 Å². The molecule has 0 saturated carbocycles. The molecule has 3 nitrogen and oxygen atoms in total. The minimum atomic E-state index is 0.885. The Labute approximate surface area is 248 Å². The molecule has 3 heteroatoms. The highest BCUT2D eigenvalue weighted by Gasteiger charge is 2.15. The van der Waals surface area contributed by atoms with Gasteiger partial charge in [-0.1, -0.05) is 115 Å². The molecule has 7 aromatic carbocycles. The lowest BCUT2D eigenvalue weighted by Gasteiger charge is -2.13. The summed E-state index contributed by atoms with van der Waals surface area (Å²) in [4.78, 5) is 10.1. The van der Waals surface area contributed by atoms with Gasteiger partial charge in [0, 0.05) is 32.8 Å². The van der Waals surface area contributed by atoms with Gasteiger partial charge in [-0.25, -0.2) is 4.98 Å². The monoisotopic (exact) mass is 547 g/mol. The maximum atomic E-state index is 5.13. The van der Waals surface area contributed by atoms with E-state index in [1.807, 2.05) is 24.4 Å². The minimum Gasteiger partial charge on any atom is -0.309 e. The third kappa shape index (κ3) is 3.68. The first-order valence-corrected chi connectivity index (χ1v) is 14.6. The molecule has 0 fully saturated rings. The van der Waals surface area contributed by atoms with Gasteiger partial charge < -0.3 is 4.57 Å². The first kappa shape index (κ1) is 23.9. The van der Waals surface area contributed by atoms with Crippen LogP contribution in [0, 0.1) is 0 Å². The molecule has 0 radical (unpaired) electrons. The van der Waals surface area contributed by atoms with E-state index >= 15 is 0 Å². The number of aromatic nitrogens is 3. The van der Waals surface area contributed by atoms with Gasteiger partial charge in [-0.3, -0.25) is 4.98 Å². The largest absolute Gasteiger partial charge is 0.309 e. The molecule has 0 bridgehead atoms. The van der Waals surface area contributed by atoms with Gasteiger partial charge in [-0.2, -0.15) is 0 Å². The molecule has 0 unspecified atom stereocenters. The molecule has 43 heavy (non-hydrogen) atoms. The molecule has 2 aromatic heterocycles. The summed E-state index contributed by atoms with van der Waals surface area (Å²) in [6.07, 6.45) is 1.90. The molecular weight excluding hydrogens is 522 g/mol. The summed E-state index contributed by atoms with van der Waals surface area (Å²) in [5.74, 6) is 0. The second-order valence-electron chi connectivity index (χ2n) is 11.0. The van der Waals surface area contributed by atoms with E-state index in [1.54, 1.807) is 0 Å². The van der Waals surface area contributed by atoms with E-state index < -0.39 is 0 Å². The fraction of sp³-hybridized carbons (Fsp3) is 0. The van der Waals surface area contributed by atoms with Crippen molar-refractivity contribution in [3.8, 4) is 28.1 Å². The lowest BCUT2D eigenvalue weighted by molar-refractivity contribution is 1.18. The van der Waals surface area contributed by atoms with Crippen molar-refractivity contribution in [2.24, 2.45) is 0 Å². The average molecular weight is 548 g/mol. The van der Waals surface area contributed by atoms with Gasteiger partial charge in [0.15, 0.2) is 0 Å². The maximum absolute atomic E-state index is 5.13. The molecule has 2 heterocycles. The SMILES string of the molecule is c1ccc(-c2cnc3c4ccc(-c5cccc(-n6c7ccccc7c7ccccc76)c5)cc4c4ccccc4c3n2)cc1. The Balaban J connectivity index is 1.25. The summed E-state index contributed by atoms with van der Waals surface area (Å²) in [5, 5.41) is 7.14. The Morgan fingerprint density at radius 3 is 1.77 bits per heavy atom. The van der Waals surface area contributed by atoms with Crippen LogP contribution in [-0.4, -0.2) is 14.5 Å². The Kier molecular flexibility index (Phi) is 5.20. The highest BCUT2D eigenvalue weighted by molar-refractivity contribution is 6.23. The van der Waals surface area contributed by atoms with Crippen LogP contribution in [0.15, 0.2) is 152 Å². The van der Waals surface area contributed by atoms with E-state index in [1.165, 1.54) is 43.7 Å². The summed E-state index contributed by atoms with van der Waals surface area (Å²) in [5.41, 5.74) is 9.75. The van der Waals surface area contributed by atoms with Crippen LogP contribution in [0.2, 0.25) is 0 Å². The molecule has 0 amide bonds. The molecule has 0 spiro atoms. The standard InChI is InChI=1S/C40H25N3/c1-2-11-26(12-3-1)36-25-41-39-34-22-21-28(24-35(34)30-15-4-5-18-33(30)40(39)42-36)27-13-10-14-29(23-27)43-37-19-8-6-16-31(37)32-17-7-9-20-38(32)43/h1-25H. The lowest BCUT2D eigenvalue weighted by atomic mass is 9.95. The molecule has 200 valence electrons. The first-order valence-electron chi connectivity index (χ1n) is 14.6. The van der Waals surface area contributed by atoms with Gasteiger partial charge >= 0.3 is 0 Å².